The van der Waals surface area contributed by atoms with Gasteiger partial charge in [-0.1, -0.05) is 47.2 Å². The van der Waals surface area contributed by atoms with Gasteiger partial charge in [0.15, 0.2) is 0 Å². The number of aryl methyl sites for hydroxylation is 1. The number of rotatable bonds is 3. The van der Waals surface area contributed by atoms with Crippen LogP contribution >= 0.6 is 0 Å². The molecule has 0 radical (unpaired) electrons. The van der Waals surface area contributed by atoms with Crippen molar-refractivity contribution in [3.8, 4) is 0 Å². The first-order chi connectivity index (χ1) is 9.66. The Morgan fingerprint density at radius 1 is 1.05 bits per heavy atom. The van der Waals surface area contributed by atoms with Gasteiger partial charge < -0.3 is 5.11 Å². The Morgan fingerprint density at radius 3 is 2.50 bits per heavy atom. The quantitative estimate of drug-likeness (QED) is 0.793. The van der Waals surface area contributed by atoms with Crippen LogP contribution in [-0.2, 0) is 0 Å². The molecule has 2 aromatic carbocycles. The lowest BCUT2D eigenvalue weighted by Gasteiger charge is -2.20. The van der Waals surface area contributed by atoms with Gasteiger partial charge in [-0.2, -0.15) is 0 Å². The van der Waals surface area contributed by atoms with Crippen molar-refractivity contribution in [2.75, 3.05) is 0 Å². The van der Waals surface area contributed by atoms with Crippen LogP contribution in [0.5, 0.6) is 0 Å². The zero-order valence-electron chi connectivity index (χ0n) is 11.6. The van der Waals surface area contributed by atoms with Crippen LogP contribution in [0.3, 0.4) is 0 Å². The summed E-state index contributed by atoms with van der Waals surface area (Å²) in [5.41, 5.74) is 3.85. The second-order valence-corrected chi connectivity index (χ2v) is 5.12. The van der Waals surface area contributed by atoms with E-state index in [1.54, 1.807) is 4.68 Å². The standard InChI is InChI=1S/C16H17N3O/c1-11-7-9-13(10-8-11)16(20)12(2)19-15-6-4-3-5-14(15)17-18-19/h3-10,12,16,20H,1-2H3. The number of aliphatic hydroxyl groups excluding tert-OH is 1. The van der Waals surface area contributed by atoms with E-state index in [0.29, 0.717) is 0 Å². The number of aliphatic hydroxyl groups is 1. The highest BCUT2D eigenvalue weighted by Crippen LogP contribution is 2.27. The van der Waals surface area contributed by atoms with Crippen LogP contribution in [0.15, 0.2) is 48.5 Å². The minimum atomic E-state index is -0.610. The number of hydrogen-bond acceptors (Lipinski definition) is 3. The summed E-state index contributed by atoms with van der Waals surface area (Å²) in [6.45, 7) is 3.98. The van der Waals surface area contributed by atoms with E-state index in [4.69, 9.17) is 0 Å². The van der Waals surface area contributed by atoms with E-state index in [1.807, 2.05) is 62.4 Å². The monoisotopic (exact) mass is 267 g/mol. The van der Waals surface area contributed by atoms with E-state index in [9.17, 15) is 5.11 Å². The summed E-state index contributed by atoms with van der Waals surface area (Å²) in [6.07, 6.45) is -0.610. The number of fused-ring (bicyclic) bond motifs is 1. The van der Waals surface area contributed by atoms with Crippen molar-refractivity contribution in [1.29, 1.82) is 0 Å². The molecule has 0 fully saturated rings. The molecular weight excluding hydrogens is 250 g/mol. The third kappa shape index (κ3) is 2.18. The molecule has 20 heavy (non-hydrogen) atoms. The molecule has 0 amide bonds. The SMILES string of the molecule is Cc1ccc(C(O)C(C)n2nnc3ccccc32)cc1. The van der Waals surface area contributed by atoms with Crippen LogP contribution in [0.1, 0.15) is 30.2 Å². The predicted octanol–water partition coefficient (Wildman–Crippen LogP) is 3.03. The molecule has 1 heterocycles. The first kappa shape index (κ1) is 12.8. The second kappa shape index (κ2) is 5.06. The fourth-order valence-corrected chi connectivity index (χ4v) is 2.36. The third-order valence-electron chi connectivity index (χ3n) is 3.64. The van der Waals surface area contributed by atoms with Crippen molar-refractivity contribution in [2.24, 2.45) is 0 Å². The minimum Gasteiger partial charge on any atom is -0.386 e. The topological polar surface area (TPSA) is 50.9 Å². The molecular formula is C16H17N3O. The molecule has 0 bridgehead atoms. The average Bonchev–Trinajstić information content (AvgIpc) is 2.90. The number of hydrogen-bond donors (Lipinski definition) is 1. The Labute approximate surface area is 117 Å². The fraction of sp³-hybridized carbons (Fsp3) is 0.250. The lowest BCUT2D eigenvalue weighted by molar-refractivity contribution is 0.117. The lowest BCUT2D eigenvalue weighted by Crippen LogP contribution is -2.16. The maximum Gasteiger partial charge on any atom is 0.113 e. The van der Waals surface area contributed by atoms with E-state index in [2.05, 4.69) is 10.3 Å². The molecule has 3 rings (SSSR count). The highest BCUT2D eigenvalue weighted by atomic mass is 16.3. The van der Waals surface area contributed by atoms with Gasteiger partial charge in [0.1, 0.15) is 11.6 Å². The van der Waals surface area contributed by atoms with Gasteiger partial charge in [0.25, 0.3) is 0 Å². The van der Waals surface area contributed by atoms with Gasteiger partial charge in [-0.3, -0.25) is 0 Å². The van der Waals surface area contributed by atoms with Gasteiger partial charge in [-0.15, -0.1) is 5.10 Å². The maximum atomic E-state index is 10.5. The van der Waals surface area contributed by atoms with E-state index in [1.165, 1.54) is 5.56 Å². The van der Waals surface area contributed by atoms with E-state index < -0.39 is 6.10 Å². The molecule has 0 aliphatic heterocycles. The van der Waals surface area contributed by atoms with Crippen molar-refractivity contribution >= 4 is 11.0 Å². The third-order valence-corrected chi connectivity index (χ3v) is 3.64. The van der Waals surface area contributed by atoms with Gasteiger partial charge in [-0.05, 0) is 31.5 Å². The first-order valence-corrected chi connectivity index (χ1v) is 6.71. The van der Waals surface area contributed by atoms with Crippen molar-refractivity contribution in [3.05, 3.63) is 59.7 Å². The molecule has 0 saturated heterocycles. The lowest BCUT2D eigenvalue weighted by atomic mass is 10.0. The highest BCUT2D eigenvalue weighted by molar-refractivity contribution is 5.74. The van der Waals surface area contributed by atoms with Crippen molar-refractivity contribution in [3.63, 3.8) is 0 Å². The number of nitrogens with zero attached hydrogens (tertiary/aromatic N) is 3. The number of para-hydroxylation sites is 1. The summed E-state index contributed by atoms with van der Waals surface area (Å²) >= 11 is 0. The van der Waals surface area contributed by atoms with Gasteiger partial charge in [0.05, 0.1) is 11.6 Å². The normalized spacial score (nSPS) is 14.3. The molecule has 2 unspecified atom stereocenters. The zero-order chi connectivity index (χ0) is 14.1. The summed E-state index contributed by atoms with van der Waals surface area (Å²) < 4.78 is 1.78. The Morgan fingerprint density at radius 2 is 1.75 bits per heavy atom. The molecule has 1 aromatic heterocycles. The summed E-state index contributed by atoms with van der Waals surface area (Å²) in [5, 5.41) is 18.8. The fourth-order valence-electron chi connectivity index (χ4n) is 2.36. The smallest absolute Gasteiger partial charge is 0.113 e. The second-order valence-electron chi connectivity index (χ2n) is 5.12. The molecule has 0 spiro atoms. The average molecular weight is 267 g/mol. The van der Waals surface area contributed by atoms with E-state index in [-0.39, 0.29) is 6.04 Å². The van der Waals surface area contributed by atoms with Gasteiger partial charge in [-0.25, -0.2) is 4.68 Å². The molecule has 102 valence electrons. The highest BCUT2D eigenvalue weighted by Gasteiger charge is 2.20. The van der Waals surface area contributed by atoms with Crippen LogP contribution in [-0.4, -0.2) is 20.1 Å². The van der Waals surface area contributed by atoms with Crippen molar-refractivity contribution in [2.45, 2.75) is 26.0 Å². The number of aromatic nitrogens is 3. The summed E-state index contributed by atoms with van der Waals surface area (Å²) in [7, 11) is 0. The summed E-state index contributed by atoms with van der Waals surface area (Å²) in [4.78, 5) is 0. The Bertz CT molecular complexity index is 718. The first-order valence-electron chi connectivity index (χ1n) is 6.71. The van der Waals surface area contributed by atoms with Crippen LogP contribution < -0.4 is 0 Å². The molecule has 1 N–H and O–H groups in total. The van der Waals surface area contributed by atoms with Crippen LogP contribution in [0.4, 0.5) is 0 Å². The maximum absolute atomic E-state index is 10.5. The molecule has 4 nitrogen and oxygen atoms in total. The van der Waals surface area contributed by atoms with Crippen LogP contribution in [0.2, 0.25) is 0 Å². The van der Waals surface area contributed by atoms with E-state index >= 15 is 0 Å². The molecule has 0 aliphatic rings. The minimum absolute atomic E-state index is 0.176. The summed E-state index contributed by atoms with van der Waals surface area (Å²) in [6, 6.07) is 15.5. The predicted molar refractivity (Wildman–Crippen MR) is 78.4 cm³/mol. The van der Waals surface area contributed by atoms with Gasteiger partial charge >= 0.3 is 0 Å². The van der Waals surface area contributed by atoms with Crippen LogP contribution in [0, 0.1) is 6.92 Å². The Hall–Kier alpha value is -2.20. The number of benzene rings is 2. The van der Waals surface area contributed by atoms with Crippen molar-refractivity contribution in [1.82, 2.24) is 15.0 Å². The zero-order valence-corrected chi connectivity index (χ0v) is 11.6. The van der Waals surface area contributed by atoms with Crippen molar-refractivity contribution < 1.29 is 5.11 Å². The van der Waals surface area contributed by atoms with Crippen LogP contribution in [0.25, 0.3) is 11.0 Å². The molecule has 3 aromatic rings. The molecule has 0 saturated carbocycles. The molecule has 2 atom stereocenters. The Balaban J connectivity index is 1.95. The van der Waals surface area contributed by atoms with E-state index in [0.717, 1.165) is 16.6 Å². The largest absolute Gasteiger partial charge is 0.386 e. The van der Waals surface area contributed by atoms with Gasteiger partial charge in [0, 0.05) is 0 Å². The molecule has 4 heteroatoms. The Kier molecular flexibility index (Phi) is 3.24. The van der Waals surface area contributed by atoms with Gasteiger partial charge in [0.2, 0.25) is 0 Å². The summed E-state index contributed by atoms with van der Waals surface area (Å²) in [5.74, 6) is 0. The molecule has 0 aliphatic carbocycles.